The smallest absolute Gasteiger partial charge is 0.274 e. The summed E-state index contributed by atoms with van der Waals surface area (Å²) in [5.74, 6) is -1.82. The number of anilines is 1. The fraction of sp³-hybridized carbons (Fsp3) is 0.0714. The van der Waals surface area contributed by atoms with E-state index in [4.69, 9.17) is 0 Å². The van der Waals surface area contributed by atoms with Crippen LogP contribution in [0, 0.1) is 11.6 Å². The predicted octanol–water partition coefficient (Wildman–Crippen LogP) is 2.42. The van der Waals surface area contributed by atoms with Crippen molar-refractivity contribution < 1.29 is 22.0 Å². The molecule has 22 heavy (non-hydrogen) atoms. The number of amides is 1. The topological polar surface area (TPSA) is 75.3 Å². The monoisotopic (exact) mass is 326 g/mol. The van der Waals surface area contributed by atoms with E-state index in [2.05, 4.69) is 4.72 Å². The SMILES string of the molecule is CC(=O)NS(=O)(=O)Nc1ccc(F)cc1-c1ccc(F)cc1. The van der Waals surface area contributed by atoms with E-state index in [0.29, 0.717) is 5.56 Å². The maximum Gasteiger partial charge on any atom is 0.323 e. The number of benzene rings is 2. The highest BCUT2D eigenvalue weighted by molar-refractivity contribution is 7.91. The van der Waals surface area contributed by atoms with E-state index in [9.17, 15) is 22.0 Å². The average Bonchev–Trinajstić information content (AvgIpc) is 2.40. The fourth-order valence-electron chi connectivity index (χ4n) is 1.83. The third-order valence-electron chi connectivity index (χ3n) is 2.66. The maximum atomic E-state index is 13.4. The van der Waals surface area contributed by atoms with Gasteiger partial charge in [-0.05, 0) is 35.9 Å². The Balaban J connectivity index is 2.44. The Kier molecular flexibility index (Phi) is 4.41. The van der Waals surface area contributed by atoms with Gasteiger partial charge in [-0.2, -0.15) is 8.42 Å². The first-order valence-corrected chi connectivity index (χ1v) is 7.62. The molecule has 2 rings (SSSR count). The van der Waals surface area contributed by atoms with Crippen LogP contribution in [-0.2, 0) is 15.0 Å². The highest BCUT2D eigenvalue weighted by atomic mass is 32.2. The van der Waals surface area contributed by atoms with Crippen molar-refractivity contribution in [2.24, 2.45) is 0 Å². The molecule has 0 radical (unpaired) electrons. The van der Waals surface area contributed by atoms with Gasteiger partial charge in [0.15, 0.2) is 0 Å². The molecule has 5 nitrogen and oxygen atoms in total. The molecule has 0 bridgehead atoms. The largest absolute Gasteiger partial charge is 0.323 e. The zero-order chi connectivity index (χ0) is 16.3. The molecule has 0 saturated heterocycles. The van der Waals surface area contributed by atoms with E-state index >= 15 is 0 Å². The van der Waals surface area contributed by atoms with Crippen molar-refractivity contribution in [2.45, 2.75) is 6.92 Å². The molecule has 0 aromatic heterocycles. The molecule has 116 valence electrons. The summed E-state index contributed by atoms with van der Waals surface area (Å²) in [6.07, 6.45) is 0. The van der Waals surface area contributed by atoms with Crippen molar-refractivity contribution >= 4 is 21.8 Å². The molecular formula is C14H12F2N2O3S. The van der Waals surface area contributed by atoms with E-state index < -0.39 is 27.8 Å². The first-order valence-electron chi connectivity index (χ1n) is 6.13. The summed E-state index contributed by atoms with van der Waals surface area (Å²) in [7, 11) is -4.13. The molecule has 8 heteroatoms. The second kappa shape index (κ2) is 6.10. The van der Waals surface area contributed by atoms with Crippen molar-refractivity contribution in [3.05, 3.63) is 54.1 Å². The molecule has 0 aliphatic rings. The quantitative estimate of drug-likeness (QED) is 0.906. The van der Waals surface area contributed by atoms with Crippen LogP contribution >= 0.6 is 0 Å². The number of halogens is 2. The van der Waals surface area contributed by atoms with Crippen LogP contribution in [0.2, 0.25) is 0 Å². The minimum atomic E-state index is -4.13. The zero-order valence-corrected chi connectivity index (χ0v) is 12.2. The van der Waals surface area contributed by atoms with E-state index in [0.717, 1.165) is 19.1 Å². The molecule has 0 aliphatic carbocycles. The molecule has 0 aliphatic heterocycles. The summed E-state index contributed by atoms with van der Waals surface area (Å²) in [6.45, 7) is 1.05. The number of hydrogen-bond donors (Lipinski definition) is 2. The lowest BCUT2D eigenvalue weighted by molar-refractivity contribution is -0.117. The highest BCUT2D eigenvalue weighted by Crippen LogP contribution is 2.29. The van der Waals surface area contributed by atoms with Gasteiger partial charge in [0, 0.05) is 12.5 Å². The van der Waals surface area contributed by atoms with Gasteiger partial charge in [-0.3, -0.25) is 9.52 Å². The van der Waals surface area contributed by atoms with Gasteiger partial charge in [0.05, 0.1) is 5.69 Å². The summed E-state index contributed by atoms with van der Waals surface area (Å²) in [5.41, 5.74) is 0.692. The Morgan fingerprint density at radius 2 is 1.59 bits per heavy atom. The standard InChI is InChI=1S/C14H12F2N2O3S/c1-9(19)17-22(20,21)18-14-7-6-12(16)8-13(14)10-2-4-11(15)5-3-10/h2-8,18H,1H3,(H,17,19). The summed E-state index contributed by atoms with van der Waals surface area (Å²) >= 11 is 0. The van der Waals surface area contributed by atoms with Crippen LogP contribution in [0.4, 0.5) is 14.5 Å². The molecule has 0 spiro atoms. The van der Waals surface area contributed by atoms with Gasteiger partial charge < -0.3 is 0 Å². The van der Waals surface area contributed by atoms with Crippen molar-refractivity contribution in [3.63, 3.8) is 0 Å². The lowest BCUT2D eigenvalue weighted by atomic mass is 10.0. The normalized spacial score (nSPS) is 11.0. The van der Waals surface area contributed by atoms with Gasteiger partial charge in [0.2, 0.25) is 5.91 Å². The lowest BCUT2D eigenvalue weighted by Crippen LogP contribution is -2.33. The average molecular weight is 326 g/mol. The van der Waals surface area contributed by atoms with Crippen LogP contribution in [-0.4, -0.2) is 14.3 Å². The molecule has 0 heterocycles. The van der Waals surface area contributed by atoms with Crippen LogP contribution in [0.1, 0.15) is 6.92 Å². The summed E-state index contributed by atoms with van der Waals surface area (Å²) < 4.78 is 53.7. The Morgan fingerprint density at radius 3 is 2.18 bits per heavy atom. The molecule has 1 amide bonds. The highest BCUT2D eigenvalue weighted by Gasteiger charge is 2.15. The molecule has 2 aromatic carbocycles. The third-order valence-corrected chi connectivity index (χ3v) is 3.70. The maximum absolute atomic E-state index is 13.4. The molecule has 0 unspecified atom stereocenters. The molecule has 0 saturated carbocycles. The molecule has 0 fully saturated rings. The molecule has 2 N–H and O–H groups in total. The van der Waals surface area contributed by atoms with Gasteiger partial charge in [-0.15, -0.1) is 0 Å². The minimum Gasteiger partial charge on any atom is -0.274 e. The Labute approximate surface area is 126 Å². The number of carbonyl (C=O) groups is 1. The van der Waals surface area contributed by atoms with Crippen LogP contribution < -0.4 is 9.44 Å². The summed E-state index contributed by atoms with van der Waals surface area (Å²) in [4.78, 5) is 10.9. The van der Waals surface area contributed by atoms with Gasteiger partial charge in [0.1, 0.15) is 11.6 Å². The predicted molar refractivity (Wildman–Crippen MR) is 78.2 cm³/mol. The van der Waals surface area contributed by atoms with E-state index in [-0.39, 0.29) is 11.3 Å². The third kappa shape index (κ3) is 4.01. The number of nitrogens with one attached hydrogen (secondary N) is 2. The first-order chi connectivity index (χ1) is 10.3. The van der Waals surface area contributed by atoms with Crippen molar-refractivity contribution in [1.82, 2.24) is 4.72 Å². The number of rotatable bonds is 4. The Hall–Kier alpha value is -2.48. The first kappa shape index (κ1) is 15.9. The molecular weight excluding hydrogens is 314 g/mol. The number of hydrogen-bond acceptors (Lipinski definition) is 3. The van der Waals surface area contributed by atoms with Crippen LogP contribution in [0.25, 0.3) is 11.1 Å². The van der Waals surface area contributed by atoms with Crippen LogP contribution in [0.5, 0.6) is 0 Å². The Morgan fingerprint density at radius 1 is 1.00 bits per heavy atom. The summed E-state index contributed by atoms with van der Waals surface area (Å²) in [5, 5.41) is 0. The van der Waals surface area contributed by atoms with Crippen molar-refractivity contribution in [3.8, 4) is 11.1 Å². The van der Waals surface area contributed by atoms with Gasteiger partial charge in [-0.25, -0.2) is 13.5 Å². The van der Waals surface area contributed by atoms with Gasteiger partial charge >= 0.3 is 10.2 Å². The number of carbonyl (C=O) groups excluding carboxylic acids is 1. The minimum absolute atomic E-state index is 0.0572. The van der Waals surface area contributed by atoms with Crippen molar-refractivity contribution in [2.75, 3.05) is 4.72 Å². The van der Waals surface area contributed by atoms with E-state index in [1.165, 1.54) is 30.3 Å². The van der Waals surface area contributed by atoms with Crippen LogP contribution in [0.15, 0.2) is 42.5 Å². The molecule has 2 aromatic rings. The van der Waals surface area contributed by atoms with Crippen LogP contribution in [0.3, 0.4) is 0 Å². The second-order valence-corrected chi connectivity index (χ2v) is 5.88. The fourth-order valence-corrected chi connectivity index (χ4v) is 2.73. The Bertz CT molecular complexity index is 805. The lowest BCUT2D eigenvalue weighted by Gasteiger charge is -2.13. The summed E-state index contributed by atoms with van der Waals surface area (Å²) in [6, 6.07) is 8.52. The molecule has 0 atom stereocenters. The van der Waals surface area contributed by atoms with E-state index in [1.807, 2.05) is 0 Å². The van der Waals surface area contributed by atoms with E-state index in [1.54, 1.807) is 4.72 Å². The van der Waals surface area contributed by atoms with Crippen molar-refractivity contribution in [1.29, 1.82) is 0 Å². The zero-order valence-electron chi connectivity index (χ0n) is 11.4. The van der Waals surface area contributed by atoms with Gasteiger partial charge in [-0.1, -0.05) is 12.1 Å². The van der Waals surface area contributed by atoms with Gasteiger partial charge in [0.25, 0.3) is 0 Å². The second-order valence-electron chi connectivity index (χ2n) is 4.46.